The molecule has 1 heterocycles. The molecule has 24 heavy (non-hydrogen) atoms. The summed E-state index contributed by atoms with van der Waals surface area (Å²) in [6, 6.07) is 4.39. The molecule has 2 aliphatic rings. The number of hydrogen-bond donors (Lipinski definition) is 2. The summed E-state index contributed by atoms with van der Waals surface area (Å²) >= 11 is 0. The number of carbonyl (C=O) groups excluding carboxylic acids is 2. The molecule has 5 nitrogen and oxygen atoms in total. The van der Waals surface area contributed by atoms with Gasteiger partial charge in [0.15, 0.2) is 11.6 Å². The van der Waals surface area contributed by atoms with Crippen molar-refractivity contribution >= 4 is 11.8 Å². The maximum Gasteiger partial charge on any atom is 0.257 e. The number of halogens is 1. The van der Waals surface area contributed by atoms with Gasteiger partial charge in [-0.1, -0.05) is 6.07 Å². The Bertz CT molecular complexity index is 623. The van der Waals surface area contributed by atoms with E-state index >= 15 is 0 Å². The molecule has 1 saturated heterocycles. The van der Waals surface area contributed by atoms with Crippen molar-refractivity contribution in [3.8, 4) is 5.75 Å². The lowest BCUT2D eigenvalue weighted by atomic mass is 9.91. The van der Waals surface area contributed by atoms with Crippen molar-refractivity contribution in [3.63, 3.8) is 0 Å². The highest BCUT2D eigenvalue weighted by Crippen LogP contribution is 2.27. The lowest BCUT2D eigenvalue weighted by molar-refractivity contribution is -0.121. The van der Waals surface area contributed by atoms with Crippen LogP contribution in [0.2, 0.25) is 0 Å². The fourth-order valence-corrected chi connectivity index (χ4v) is 3.15. The third-order valence-electron chi connectivity index (χ3n) is 4.84. The van der Waals surface area contributed by atoms with Gasteiger partial charge in [0.05, 0.1) is 5.56 Å². The Morgan fingerprint density at radius 1 is 1.21 bits per heavy atom. The highest BCUT2D eigenvalue weighted by Gasteiger charge is 2.27. The standard InChI is InChI=1S/C18H23FN2O3/c19-15-3-1-2-14(17(15)23)18(24)21-10-8-12(9-11-21)4-7-16(22)20-13-5-6-13/h1-3,12-13,23H,4-11H2,(H,20,22). The molecular formula is C18H23FN2O3. The summed E-state index contributed by atoms with van der Waals surface area (Å²) in [5.41, 5.74) is 0.0114. The molecule has 1 aliphatic carbocycles. The van der Waals surface area contributed by atoms with Crippen LogP contribution >= 0.6 is 0 Å². The van der Waals surface area contributed by atoms with Crippen LogP contribution in [0.4, 0.5) is 4.39 Å². The molecule has 0 spiro atoms. The molecule has 1 aromatic rings. The van der Waals surface area contributed by atoms with Crippen LogP contribution < -0.4 is 5.32 Å². The average Bonchev–Trinajstić information content (AvgIpc) is 3.39. The second kappa shape index (κ2) is 7.20. The number of likely N-dealkylation sites (tertiary alicyclic amines) is 1. The number of aromatic hydroxyl groups is 1. The monoisotopic (exact) mass is 334 g/mol. The molecule has 2 fully saturated rings. The zero-order valence-electron chi connectivity index (χ0n) is 13.6. The molecule has 2 amide bonds. The van der Waals surface area contributed by atoms with Gasteiger partial charge in [0, 0.05) is 25.6 Å². The van der Waals surface area contributed by atoms with Crippen molar-refractivity contribution < 1.29 is 19.1 Å². The van der Waals surface area contributed by atoms with Gasteiger partial charge in [0.25, 0.3) is 5.91 Å². The number of nitrogens with zero attached hydrogens (tertiary/aromatic N) is 1. The largest absolute Gasteiger partial charge is 0.504 e. The van der Waals surface area contributed by atoms with Gasteiger partial charge in [-0.25, -0.2) is 4.39 Å². The number of amides is 2. The number of benzene rings is 1. The van der Waals surface area contributed by atoms with Crippen LogP contribution in [0.15, 0.2) is 18.2 Å². The van der Waals surface area contributed by atoms with Crippen LogP contribution in [0.25, 0.3) is 0 Å². The lowest BCUT2D eigenvalue weighted by Gasteiger charge is -2.32. The minimum absolute atomic E-state index is 0.0114. The van der Waals surface area contributed by atoms with E-state index in [1.54, 1.807) is 4.90 Å². The number of phenolic OH excluding ortho intramolecular Hbond substituents is 1. The van der Waals surface area contributed by atoms with Gasteiger partial charge in [-0.3, -0.25) is 9.59 Å². The smallest absolute Gasteiger partial charge is 0.257 e. The van der Waals surface area contributed by atoms with Crippen molar-refractivity contribution in [3.05, 3.63) is 29.6 Å². The highest BCUT2D eigenvalue weighted by molar-refractivity contribution is 5.96. The van der Waals surface area contributed by atoms with E-state index in [1.165, 1.54) is 12.1 Å². The SMILES string of the molecule is O=C(CCC1CCN(C(=O)c2cccc(F)c2O)CC1)NC1CC1. The molecule has 6 heteroatoms. The zero-order chi connectivity index (χ0) is 17.1. The number of nitrogens with one attached hydrogen (secondary N) is 1. The number of carbonyl (C=O) groups is 2. The summed E-state index contributed by atoms with van der Waals surface area (Å²) in [4.78, 5) is 25.8. The molecule has 0 radical (unpaired) electrons. The summed E-state index contributed by atoms with van der Waals surface area (Å²) in [7, 11) is 0. The van der Waals surface area contributed by atoms with Crippen molar-refractivity contribution in [2.75, 3.05) is 13.1 Å². The normalized spacial score (nSPS) is 18.5. The maximum absolute atomic E-state index is 13.4. The van der Waals surface area contributed by atoms with Crippen molar-refractivity contribution in [1.29, 1.82) is 0 Å². The molecule has 0 unspecified atom stereocenters. The molecule has 0 aromatic heterocycles. The first-order chi connectivity index (χ1) is 11.5. The Kier molecular flexibility index (Phi) is 5.02. The van der Waals surface area contributed by atoms with E-state index in [4.69, 9.17) is 0 Å². The van der Waals surface area contributed by atoms with E-state index in [-0.39, 0.29) is 17.4 Å². The van der Waals surface area contributed by atoms with Gasteiger partial charge in [-0.2, -0.15) is 0 Å². The highest BCUT2D eigenvalue weighted by atomic mass is 19.1. The summed E-state index contributed by atoms with van der Waals surface area (Å²) in [5, 5.41) is 12.7. The molecule has 3 rings (SSSR count). The Balaban J connectivity index is 1.46. The zero-order valence-corrected chi connectivity index (χ0v) is 13.6. The molecule has 1 aliphatic heterocycles. The van der Waals surface area contributed by atoms with Crippen LogP contribution in [0.5, 0.6) is 5.75 Å². The van der Waals surface area contributed by atoms with E-state index < -0.39 is 11.6 Å². The Morgan fingerprint density at radius 3 is 2.58 bits per heavy atom. The van der Waals surface area contributed by atoms with Crippen LogP contribution in [-0.4, -0.2) is 41.0 Å². The Labute approximate surface area is 140 Å². The third-order valence-corrected chi connectivity index (χ3v) is 4.84. The van der Waals surface area contributed by atoms with Gasteiger partial charge in [-0.15, -0.1) is 0 Å². The van der Waals surface area contributed by atoms with E-state index in [0.29, 0.717) is 31.5 Å². The minimum Gasteiger partial charge on any atom is -0.504 e. The van der Waals surface area contributed by atoms with Gasteiger partial charge < -0.3 is 15.3 Å². The van der Waals surface area contributed by atoms with Crippen LogP contribution in [0.3, 0.4) is 0 Å². The fourth-order valence-electron chi connectivity index (χ4n) is 3.15. The first-order valence-electron chi connectivity index (χ1n) is 8.60. The fraction of sp³-hybridized carbons (Fsp3) is 0.556. The molecule has 0 atom stereocenters. The topological polar surface area (TPSA) is 69.6 Å². The maximum atomic E-state index is 13.4. The van der Waals surface area contributed by atoms with Gasteiger partial charge in [-0.05, 0) is 50.2 Å². The van der Waals surface area contributed by atoms with E-state index in [9.17, 15) is 19.1 Å². The molecule has 1 aromatic carbocycles. The number of piperidine rings is 1. The molecule has 1 saturated carbocycles. The average molecular weight is 334 g/mol. The Morgan fingerprint density at radius 2 is 1.92 bits per heavy atom. The van der Waals surface area contributed by atoms with Gasteiger partial charge in [0.2, 0.25) is 5.91 Å². The molecule has 130 valence electrons. The van der Waals surface area contributed by atoms with Crippen molar-refractivity contribution in [1.82, 2.24) is 10.2 Å². The molecule has 2 N–H and O–H groups in total. The van der Waals surface area contributed by atoms with E-state index in [0.717, 1.165) is 38.2 Å². The van der Waals surface area contributed by atoms with Crippen LogP contribution in [0, 0.1) is 11.7 Å². The first-order valence-corrected chi connectivity index (χ1v) is 8.60. The predicted octanol–water partition coefficient (Wildman–Crippen LogP) is 2.44. The quantitative estimate of drug-likeness (QED) is 0.869. The molecular weight excluding hydrogens is 311 g/mol. The first kappa shape index (κ1) is 16.7. The van der Waals surface area contributed by atoms with E-state index in [2.05, 4.69) is 5.32 Å². The summed E-state index contributed by atoms with van der Waals surface area (Å²) < 4.78 is 13.4. The van der Waals surface area contributed by atoms with Crippen LogP contribution in [0.1, 0.15) is 48.9 Å². The second-order valence-electron chi connectivity index (χ2n) is 6.75. The number of hydrogen-bond acceptors (Lipinski definition) is 3. The van der Waals surface area contributed by atoms with Gasteiger partial charge in [0.1, 0.15) is 0 Å². The minimum atomic E-state index is -0.780. The van der Waals surface area contributed by atoms with Gasteiger partial charge >= 0.3 is 0 Å². The van der Waals surface area contributed by atoms with Crippen molar-refractivity contribution in [2.24, 2.45) is 5.92 Å². The Hall–Kier alpha value is -2.11. The summed E-state index contributed by atoms with van der Waals surface area (Å²) in [6.07, 6.45) is 5.24. The summed E-state index contributed by atoms with van der Waals surface area (Å²) in [5.74, 6) is -1.14. The number of rotatable bonds is 5. The van der Waals surface area contributed by atoms with Crippen molar-refractivity contribution in [2.45, 2.75) is 44.6 Å². The van der Waals surface area contributed by atoms with E-state index in [1.807, 2.05) is 0 Å². The second-order valence-corrected chi connectivity index (χ2v) is 6.75. The third kappa shape index (κ3) is 4.04. The lowest BCUT2D eigenvalue weighted by Crippen LogP contribution is -2.38. The number of para-hydroxylation sites is 1. The number of phenols is 1. The predicted molar refractivity (Wildman–Crippen MR) is 87.1 cm³/mol. The van der Waals surface area contributed by atoms with Crippen LogP contribution in [-0.2, 0) is 4.79 Å². The molecule has 0 bridgehead atoms. The summed E-state index contributed by atoms with van der Waals surface area (Å²) in [6.45, 7) is 1.15.